The third kappa shape index (κ3) is 5.30. The molecule has 2 fully saturated rings. The van der Waals surface area contributed by atoms with Crippen molar-refractivity contribution in [3.8, 4) is 0 Å². The summed E-state index contributed by atoms with van der Waals surface area (Å²) in [4.78, 5) is 2.67. The largest absolute Gasteiger partial charge is 0.377 e. The second-order valence-electron chi connectivity index (χ2n) is 7.34. The summed E-state index contributed by atoms with van der Waals surface area (Å²) < 4.78 is 5.77. The van der Waals surface area contributed by atoms with Gasteiger partial charge in [0.2, 0.25) is 0 Å². The number of nitrogens with zero attached hydrogens (tertiary/aromatic N) is 1. The number of nitrogens with one attached hydrogen (secondary N) is 1. The van der Waals surface area contributed by atoms with Crippen molar-refractivity contribution in [1.82, 2.24) is 10.2 Å². The fraction of sp³-hybridized carbons (Fsp3) is 0.700. The van der Waals surface area contributed by atoms with Gasteiger partial charge >= 0.3 is 0 Å². The molecule has 2 saturated heterocycles. The lowest BCUT2D eigenvalue weighted by Gasteiger charge is -2.44. The summed E-state index contributed by atoms with van der Waals surface area (Å²) in [6.07, 6.45) is 8.07. The van der Waals surface area contributed by atoms with Crippen molar-refractivity contribution in [2.24, 2.45) is 5.41 Å². The van der Waals surface area contributed by atoms with Gasteiger partial charge in [0.05, 0.1) is 6.61 Å². The smallest absolute Gasteiger partial charge is 0.0716 e. The molecule has 0 saturated carbocycles. The Morgan fingerprint density at radius 1 is 0.957 bits per heavy atom. The predicted molar refractivity (Wildman–Crippen MR) is 95.5 cm³/mol. The molecule has 0 atom stereocenters. The first-order chi connectivity index (χ1) is 11.4. The molecule has 0 unspecified atom stereocenters. The van der Waals surface area contributed by atoms with E-state index in [9.17, 15) is 0 Å². The van der Waals surface area contributed by atoms with Gasteiger partial charge < -0.3 is 15.0 Å². The van der Waals surface area contributed by atoms with Crippen LogP contribution in [0.15, 0.2) is 30.3 Å². The number of rotatable bonds is 7. The van der Waals surface area contributed by atoms with Crippen molar-refractivity contribution >= 4 is 0 Å². The molecule has 2 aliphatic heterocycles. The third-order valence-electron chi connectivity index (χ3n) is 5.71. The van der Waals surface area contributed by atoms with Crippen LogP contribution in [0.2, 0.25) is 0 Å². The SMILES string of the molecule is c1ccc(COCCCCN2CCC3(CCNCC3)CC2)cc1. The lowest BCUT2D eigenvalue weighted by atomic mass is 9.71. The Kier molecular flexibility index (Phi) is 6.49. The summed E-state index contributed by atoms with van der Waals surface area (Å²) in [6, 6.07) is 10.5. The quantitative estimate of drug-likeness (QED) is 0.780. The van der Waals surface area contributed by atoms with E-state index in [1.807, 2.05) is 0 Å². The predicted octanol–water partition coefficient (Wildman–Crippen LogP) is 3.45. The maximum absolute atomic E-state index is 5.77. The van der Waals surface area contributed by atoms with Crippen molar-refractivity contribution in [2.75, 3.05) is 39.3 Å². The molecule has 128 valence electrons. The molecule has 3 nitrogen and oxygen atoms in total. The maximum atomic E-state index is 5.77. The molecule has 1 aromatic carbocycles. The van der Waals surface area contributed by atoms with Gasteiger partial charge in [-0.25, -0.2) is 0 Å². The molecule has 2 heterocycles. The van der Waals surface area contributed by atoms with Gasteiger partial charge in [-0.15, -0.1) is 0 Å². The molecule has 0 amide bonds. The van der Waals surface area contributed by atoms with Crippen LogP contribution in [0.3, 0.4) is 0 Å². The maximum Gasteiger partial charge on any atom is 0.0716 e. The Morgan fingerprint density at radius 3 is 2.43 bits per heavy atom. The fourth-order valence-electron chi connectivity index (χ4n) is 4.01. The number of hydrogen-bond donors (Lipinski definition) is 1. The standard InChI is InChI=1S/C20H32N2O/c1-2-6-19(7-3-1)18-23-17-5-4-14-22-15-10-20(11-16-22)8-12-21-13-9-20/h1-3,6-7,21H,4-5,8-18H2. The number of hydrogen-bond acceptors (Lipinski definition) is 3. The molecule has 3 heteroatoms. The van der Waals surface area contributed by atoms with Gasteiger partial charge in [-0.3, -0.25) is 0 Å². The molecule has 23 heavy (non-hydrogen) atoms. The van der Waals surface area contributed by atoms with E-state index in [2.05, 4.69) is 40.5 Å². The minimum atomic E-state index is 0.681. The highest BCUT2D eigenvalue weighted by atomic mass is 16.5. The third-order valence-corrected chi connectivity index (χ3v) is 5.71. The van der Waals surface area contributed by atoms with Crippen LogP contribution in [0, 0.1) is 5.41 Å². The molecule has 2 aliphatic rings. The lowest BCUT2D eigenvalue weighted by molar-refractivity contribution is 0.0692. The number of ether oxygens (including phenoxy) is 1. The number of piperidine rings is 2. The summed E-state index contributed by atoms with van der Waals surface area (Å²) >= 11 is 0. The summed E-state index contributed by atoms with van der Waals surface area (Å²) in [7, 11) is 0. The minimum absolute atomic E-state index is 0.681. The van der Waals surface area contributed by atoms with Crippen LogP contribution in [-0.4, -0.2) is 44.2 Å². The van der Waals surface area contributed by atoms with E-state index in [1.165, 1.54) is 76.8 Å². The molecule has 0 aromatic heterocycles. The van der Waals surface area contributed by atoms with E-state index in [-0.39, 0.29) is 0 Å². The van der Waals surface area contributed by atoms with Crippen molar-refractivity contribution in [3.05, 3.63) is 35.9 Å². The number of benzene rings is 1. The molecule has 0 bridgehead atoms. The Morgan fingerprint density at radius 2 is 1.70 bits per heavy atom. The molecule has 0 radical (unpaired) electrons. The topological polar surface area (TPSA) is 24.5 Å². The normalized spacial score (nSPS) is 21.6. The van der Waals surface area contributed by atoms with Gasteiger partial charge in [-0.2, -0.15) is 0 Å². The molecular weight excluding hydrogens is 284 g/mol. The van der Waals surface area contributed by atoms with Crippen molar-refractivity contribution < 1.29 is 4.74 Å². The van der Waals surface area contributed by atoms with Gasteiger partial charge in [0.1, 0.15) is 0 Å². The zero-order chi connectivity index (χ0) is 15.8. The highest BCUT2D eigenvalue weighted by Gasteiger charge is 2.35. The average molecular weight is 316 g/mol. The zero-order valence-corrected chi connectivity index (χ0v) is 14.4. The van der Waals surface area contributed by atoms with Gasteiger partial charge in [-0.05, 0) is 82.2 Å². The summed E-state index contributed by atoms with van der Waals surface area (Å²) in [6.45, 7) is 7.98. The van der Waals surface area contributed by atoms with Crippen LogP contribution in [-0.2, 0) is 11.3 Å². The van der Waals surface area contributed by atoms with Crippen LogP contribution < -0.4 is 5.32 Å². The number of unbranched alkanes of at least 4 members (excludes halogenated alkanes) is 1. The van der Waals surface area contributed by atoms with Gasteiger partial charge in [-0.1, -0.05) is 30.3 Å². The summed E-state index contributed by atoms with van der Waals surface area (Å²) in [5.41, 5.74) is 1.95. The van der Waals surface area contributed by atoms with E-state index in [1.54, 1.807) is 0 Å². The molecular formula is C20H32N2O. The second kappa shape index (κ2) is 8.81. The minimum Gasteiger partial charge on any atom is -0.377 e. The Labute approximate surface area is 141 Å². The summed E-state index contributed by atoms with van der Waals surface area (Å²) in [5, 5.41) is 3.51. The zero-order valence-electron chi connectivity index (χ0n) is 14.4. The van der Waals surface area contributed by atoms with Gasteiger partial charge in [0.15, 0.2) is 0 Å². The highest BCUT2D eigenvalue weighted by molar-refractivity contribution is 5.13. The Balaban J connectivity index is 1.23. The number of likely N-dealkylation sites (tertiary alicyclic amines) is 1. The monoisotopic (exact) mass is 316 g/mol. The summed E-state index contributed by atoms with van der Waals surface area (Å²) in [5.74, 6) is 0. The van der Waals surface area contributed by atoms with Crippen LogP contribution >= 0.6 is 0 Å². The molecule has 0 aliphatic carbocycles. The average Bonchev–Trinajstić information content (AvgIpc) is 2.61. The molecule has 1 aromatic rings. The first kappa shape index (κ1) is 16.9. The Hall–Kier alpha value is -0.900. The van der Waals surface area contributed by atoms with Gasteiger partial charge in [0, 0.05) is 6.61 Å². The second-order valence-corrected chi connectivity index (χ2v) is 7.34. The van der Waals surface area contributed by atoms with Crippen LogP contribution in [0.5, 0.6) is 0 Å². The Bertz CT molecular complexity index is 432. The first-order valence-electron chi connectivity index (χ1n) is 9.41. The van der Waals surface area contributed by atoms with Crippen LogP contribution in [0.4, 0.5) is 0 Å². The fourth-order valence-corrected chi connectivity index (χ4v) is 4.01. The van der Waals surface area contributed by atoms with E-state index in [0.717, 1.165) is 13.2 Å². The van der Waals surface area contributed by atoms with E-state index in [4.69, 9.17) is 4.74 Å². The molecule has 1 N–H and O–H groups in total. The van der Waals surface area contributed by atoms with E-state index in [0.29, 0.717) is 5.41 Å². The van der Waals surface area contributed by atoms with E-state index >= 15 is 0 Å². The lowest BCUT2D eigenvalue weighted by Crippen LogP contribution is -2.45. The van der Waals surface area contributed by atoms with Crippen molar-refractivity contribution in [1.29, 1.82) is 0 Å². The van der Waals surface area contributed by atoms with Crippen LogP contribution in [0.1, 0.15) is 44.1 Å². The van der Waals surface area contributed by atoms with E-state index < -0.39 is 0 Å². The molecule has 3 rings (SSSR count). The first-order valence-corrected chi connectivity index (χ1v) is 9.41. The van der Waals surface area contributed by atoms with Crippen molar-refractivity contribution in [3.63, 3.8) is 0 Å². The molecule has 1 spiro atoms. The van der Waals surface area contributed by atoms with Crippen molar-refractivity contribution in [2.45, 2.75) is 45.1 Å². The van der Waals surface area contributed by atoms with Crippen LogP contribution in [0.25, 0.3) is 0 Å². The highest BCUT2D eigenvalue weighted by Crippen LogP contribution is 2.39. The van der Waals surface area contributed by atoms with Gasteiger partial charge in [0.25, 0.3) is 0 Å².